The Morgan fingerprint density at radius 1 is 1.12 bits per heavy atom. The van der Waals surface area contributed by atoms with Crippen molar-refractivity contribution in [2.75, 3.05) is 0 Å². The molecule has 0 aliphatic heterocycles. The van der Waals surface area contributed by atoms with E-state index in [1.807, 2.05) is 20.8 Å². The van der Waals surface area contributed by atoms with Crippen molar-refractivity contribution in [1.29, 1.82) is 0 Å². The van der Waals surface area contributed by atoms with Crippen LogP contribution in [-0.2, 0) is 10.0 Å². The molecule has 90 valence electrons. The molecular weight excluding hydrogens is 337 g/mol. The number of nitrogens with one attached hydrogen (secondary N) is 1. The van der Waals surface area contributed by atoms with E-state index in [4.69, 9.17) is 0 Å². The maximum absolute atomic E-state index is 11.9. The summed E-state index contributed by atoms with van der Waals surface area (Å²) >= 11 is 2.15. The van der Waals surface area contributed by atoms with Gasteiger partial charge in [0.25, 0.3) is 0 Å². The highest BCUT2D eigenvalue weighted by Gasteiger charge is 2.18. The first-order valence-electron chi connectivity index (χ1n) is 5.11. The van der Waals surface area contributed by atoms with Crippen molar-refractivity contribution >= 4 is 32.6 Å². The molecule has 16 heavy (non-hydrogen) atoms. The average Bonchev–Trinajstić information content (AvgIpc) is 2.17. The number of benzene rings is 1. The molecule has 1 aromatic carbocycles. The van der Waals surface area contributed by atoms with Crippen molar-refractivity contribution in [3.63, 3.8) is 0 Å². The van der Waals surface area contributed by atoms with Crippen molar-refractivity contribution in [3.8, 4) is 0 Å². The Kier molecular flexibility index (Phi) is 4.75. The lowest BCUT2D eigenvalue weighted by Crippen LogP contribution is -2.36. The summed E-state index contributed by atoms with van der Waals surface area (Å²) in [5, 5.41) is 0. The first-order chi connectivity index (χ1) is 7.33. The summed E-state index contributed by atoms with van der Waals surface area (Å²) in [5.74, 6) is 0.277. The summed E-state index contributed by atoms with van der Waals surface area (Å²) in [6.07, 6.45) is 0. The van der Waals surface area contributed by atoms with Gasteiger partial charge >= 0.3 is 0 Å². The minimum atomic E-state index is -3.37. The highest BCUT2D eigenvalue weighted by atomic mass is 127. The van der Waals surface area contributed by atoms with Crippen molar-refractivity contribution < 1.29 is 8.42 Å². The molecule has 0 amide bonds. The van der Waals surface area contributed by atoms with Gasteiger partial charge in [-0.1, -0.05) is 13.8 Å². The van der Waals surface area contributed by atoms with Gasteiger partial charge in [-0.25, -0.2) is 13.1 Å². The van der Waals surface area contributed by atoms with E-state index in [2.05, 4.69) is 27.3 Å². The molecule has 0 aromatic heterocycles. The second kappa shape index (κ2) is 5.46. The molecule has 5 heteroatoms. The van der Waals surface area contributed by atoms with E-state index in [-0.39, 0.29) is 12.0 Å². The van der Waals surface area contributed by atoms with Crippen molar-refractivity contribution in [2.24, 2.45) is 5.92 Å². The van der Waals surface area contributed by atoms with E-state index < -0.39 is 10.0 Å². The zero-order chi connectivity index (χ0) is 12.3. The number of rotatable bonds is 4. The van der Waals surface area contributed by atoms with Crippen LogP contribution in [0.1, 0.15) is 20.8 Å². The van der Waals surface area contributed by atoms with Crippen LogP contribution in [0.2, 0.25) is 0 Å². The second-order valence-electron chi connectivity index (χ2n) is 4.11. The zero-order valence-corrected chi connectivity index (χ0v) is 12.5. The first kappa shape index (κ1) is 13.9. The highest BCUT2D eigenvalue weighted by Crippen LogP contribution is 2.13. The first-order valence-corrected chi connectivity index (χ1v) is 7.67. The molecule has 1 rings (SSSR count). The summed E-state index contributed by atoms with van der Waals surface area (Å²) in [4.78, 5) is 0.320. The Morgan fingerprint density at radius 3 is 2.06 bits per heavy atom. The summed E-state index contributed by atoms with van der Waals surface area (Å²) in [6, 6.07) is 6.75. The quantitative estimate of drug-likeness (QED) is 0.846. The summed E-state index contributed by atoms with van der Waals surface area (Å²) < 4.78 is 27.6. The highest BCUT2D eigenvalue weighted by molar-refractivity contribution is 14.1. The fourth-order valence-electron chi connectivity index (χ4n) is 1.06. The maximum atomic E-state index is 11.9. The third-order valence-electron chi connectivity index (χ3n) is 2.46. The fraction of sp³-hybridized carbons (Fsp3) is 0.455. The Balaban J connectivity index is 2.90. The SMILES string of the molecule is CC(C)[C@@H](C)NS(=O)(=O)c1ccc(I)cc1. The molecule has 1 aromatic rings. The minimum absolute atomic E-state index is 0.0655. The lowest BCUT2D eigenvalue weighted by atomic mass is 10.1. The van der Waals surface area contributed by atoms with E-state index >= 15 is 0 Å². The van der Waals surface area contributed by atoms with Gasteiger partial charge in [0.2, 0.25) is 10.0 Å². The molecule has 1 atom stereocenters. The van der Waals surface area contributed by atoms with Gasteiger partial charge in [-0.3, -0.25) is 0 Å². The molecule has 0 heterocycles. The third-order valence-corrected chi connectivity index (χ3v) is 4.76. The largest absolute Gasteiger partial charge is 0.240 e. The number of hydrogen-bond acceptors (Lipinski definition) is 2. The smallest absolute Gasteiger partial charge is 0.208 e. The van der Waals surface area contributed by atoms with Gasteiger partial charge in [-0.05, 0) is 59.7 Å². The van der Waals surface area contributed by atoms with E-state index in [0.29, 0.717) is 4.90 Å². The molecule has 0 spiro atoms. The second-order valence-corrected chi connectivity index (χ2v) is 7.07. The van der Waals surface area contributed by atoms with Gasteiger partial charge in [0.1, 0.15) is 0 Å². The van der Waals surface area contributed by atoms with Gasteiger partial charge in [0.05, 0.1) is 4.90 Å². The van der Waals surface area contributed by atoms with Gasteiger partial charge in [0, 0.05) is 9.61 Å². The molecule has 0 saturated heterocycles. The third kappa shape index (κ3) is 3.71. The van der Waals surface area contributed by atoms with Crippen LogP contribution in [-0.4, -0.2) is 14.5 Å². The van der Waals surface area contributed by atoms with Crippen molar-refractivity contribution in [1.82, 2.24) is 4.72 Å². The molecule has 1 N–H and O–H groups in total. The molecule has 3 nitrogen and oxygen atoms in total. The molecule has 0 saturated carbocycles. The molecule has 0 aliphatic rings. The molecule has 0 unspecified atom stereocenters. The van der Waals surface area contributed by atoms with E-state index in [0.717, 1.165) is 3.57 Å². The maximum Gasteiger partial charge on any atom is 0.240 e. The van der Waals surface area contributed by atoms with Gasteiger partial charge in [-0.15, -0.1) is 0 Å². The standard InChI is InChI=1S/C11H16INO2S/c1-8(2)9(3)13-16(14,15)11-6-4-10(12)5-7-11/h4-9,13H,1-3H3/t9-/m1/s1. The molecule has 0 aliphatic carbocycles. The topological polar surface area (TPSA) is 46.2 Å². The number of halogens is 1. The lowest BCUT2D eigenvalue weighted by molar-refractivity contribution is 0.476. The van der Waals surface area contributed by atoms with E-state index in [1.54, 1.807) is 24.3 Å². The Morgan fingerprint density at radius 2 is 1.62 bits per heavy atom. The fourth-order valence-corrected chi connectivity index (χ4v) is 2.81. The van der Waals surface area contributed by atoms with Crippen LogP contribution in [0, 0.1) is 9.49 Å². The van der Waals surface area contributed by atoms with Crippen LogP contribution in [0.25, 0.3) is 0 Å². The number of hydrogen-bond donors (Lipinski definition) is 1. The molecule has 0 radical (unpaired) electrons. The van der Waals surface area contributed by atoms with Crippen LogP contribution in [0.3, 0.4) is 0 Å². The van der Waals surface area contributed by atoms with Gasteiger partial charge in [-0.2, -0.15) is 0 Å². The molecule has 0 bridgehead atoms. The van der Waals surface area contributed by atoms with Crippen LogP contribution < -0.4 is 4.72 Å². The summed E-state index contributed by atoms with van der Waals surface area (Å²) in [5.41, 5.74) is 0. The van der Waals surface area contributed by atoms with Crippen molar-refractivity contribution in [2.45, 2.75) is 31.7 Å². The number of sulfonamides is 1. The van der Waals surface area contributed by atoms with Crippen LogP contribution in [0.4, 0.5) is 0 Å². The van der Waals surface area contributed by atoms with E-state index in [9.17, 15) is 8.42 Å². The van der Waals surface area contributed by atoms with Gasteiger partial charge in [0.15, 0.2) is 0 Å². The van der Waals surface area contributed by atoms with Crippen LogP contribution >= 0.6 is 22.6 Å². The minimum Gasteiger partial charge on any atom is -0.208 e. The molecule has 0 fully saturated rings. The van der Waals surface area contributed by atoms with Crippen molar-refractivity contribution in [3.05, 3.63) is 27.8 Å². The normalized spacial score (nSPS) is 14.1. The molecular formula is C11H16INO2S. The predicted molar refractivity (Wildman–Crippen MR) is 73.8 cm³/mol. The van der Waals surface area contributed by atoms with Crippen LogP contribution in [0.15, 0.2) is 29.2 Å². The summed E-state index contributed by atoms with van der Waals surface area (Å²) in [6.45, 7) is 5.84. The van der Waals surface area contributed by atoms with E-state index in [1.165, 1.54) is 0 Å². The lowest BCUT2D eigenvalue weighted by Gasteiger charge is -2.17. The Bertz CT molecular complexity index is 440. The zero-order valence-electron chi connectivity index (χ0n) is 9.57. The summed E-state index contributed by atoms with van der Waals surface area (Å²) in [7, 11) is -3.37. The predicted octanol–water partition coefficient (Wildman–Crippen LogP) is 2.61. The van der Waals surface area contributed by atoms with Gasteiger partial charge < -0.3 is 0 Å². The average molecular weight is 353 g/mol. The Hall–Kier alpha value is -0.140. The monoisotopic (exact) mass is 353 g/mol. The van der Waals surface area contributed by atoms with Crippen LogP contribution in [0.5, 0.6) is 0 Å². The Labute approximate surface area is 111 Å².